The van der Waals surface area contributed by atoms with Crippen molar-refractivity contribution < 1.29 is 4.74 Å². The zero-order valence-corrected chi connectivity index (χ0v) is 10.0. The lowest BCUT2D eigenvalue weighted by Crippen LogP contribution is -2.32. The molecule has 0 aromatic heterocycles. The van der Waals surface area contributed by atoms with Gasteiger partial charge in [-0.1, -0.05) is 26.7 Å². The molecule has 14 heavy (non-hydrogen) atoms. The van der Waals surface area contributed by atoms with Crippen molar-refractivity contribution in [3.8, 4) is 0 Å². The Morgan fingerprint density at radius 3 is 2.36 bits per heavy atom. The lowest BCUT2D eigenvalue weighted by molar-refractivity contribution is -0.00552. The fraction of sp³-hybridized carbons (Fsp3) is 1.00. The molecule has 1 heterocycles. The van der Waals surface area contributed by atoms with E-state index in [0.717, 1.165) is 30.3 Å². The largest absolute Gasteiger partial charge is 0.375 e. The van der Waals surface area contributed by atoms with Gasteiger partial charge in [0.05, 0.1) is 12.2 Å². The molecule has 1 saturated carbocycles. The van der Waals surface area contributed by atoms with Gasteiger partial charge in [0.15, 0.2) is 0 Å². The molecule has 0 spiro atoms. The Kier molecular flexibility index (Phi) is 2.63. The maximum atomic E-state index is 5.97. The van der Waals surface area contributed by atoms with Crippen molar-refractivity contribution in [2.75, 3.05) is 6.61 Å². The smallest absolute Gasteiger partial charge is 0.0660 e. The summed E-state index contributed by atoms with van der Waals surface area (Å²) in [6, 6.07) is 0. The molecule has 0 aromatic rings. The number of hydrogen-bond acceptors (Lipinski definition) is 1. The monoisotopic (exact) mass is 196 g/mol. The molecule has 4 unspecified atom stereocenters. The van der Waals surface area contributed by atoms with Crippen LogP contribution in [-0.2, 0) is 4.74 Å². The molecule has 0 radical (unpaired) electrons. The van der Waals surface area contributed by atoms with E-state index in [2.05, 4.69) is 27.7 Å². The summed E-state index contributed by atoms with van der Waals surface area (Å²) < 4.78 is 5.97. The van der Waals surface area contributed by atoms with E-state index in [9.17, 15) is 0 Å². The normalized spacial score (nSPS) is 45.4. The molecule has 0 N–H and O–H groups in total. The second-order valence-electron chi connectivity index (χ2n) is 5.68. The van der Waals surface area contributed by atoms with E-state index in [0.29, 0.717) is 0 Å². The van der Waals surface area contributed by atoms with Gasteiger partial charge in [0.2, 0.25) is 0 Å². The summed E-state index contributed by atoms with van der Waals surface area (Å²) >= 11 is 0. The van der Waals surface area contributed by atoms with Gasteiger partial charge in [-0.05, 0) is 43.9 Å². The van der Waals surface area contributed by atoms with E-state index in [-0.39, 0.29) is 5.60 Å². The second kappa shape index (κ2) is 3.52. The summed E-state index contributed by atoms with van der Waals surface area (Å²) in [5.41, 5.74) is 0.148. The first-order valence-electron chi connectivity index (χ1n) is 6.24. The van der Waals surface area contributed by atoms with Gasteiger partial charge in [-0.2, -0.15) is 0 Å². The summed E-state index contributed by atoms with van der Waals surface area (Å²) in [6.45, 7) is 10.3. The van der Waals surface area contributed by atoms with Gasteiger partial charge in [-0.25, -0.2) is 0 Å². The number of hydrogen-bond donors (Lipinski definition) is 0. The first-order chi connectivity index (χ1) is 6.60. The van der Waals surface area contributed by atoms with E-state index in [1.807, 2.05) is 0 Å². The van der Waals surface area contributed by atoms with Gasteiger partial charge in [0.1, 0.15) is 0 Å². The minimum atomic E-state index is 0.148. The van der Waals surface area contributed by atoms with Gasteiger partial charge in [-0.3, -0.25) is 0 Å². The third kappa shape index (κ3) is 1.41. The molecule has 0 bridgehead atoms. The van der Waals surface area contributed by atoms with Gasteiger partial charge >= 0.3 is 0 Å². The standard InChI is InChI=1S/C13H24O/c1-5-9-7-10(6-2)12-11(9)8-14-13(12,3)4/h9-12H,5-8H2,1-4H3. The van der Waals surface area contributed by atoms with Gasteiger partial charge < -0.3 is 4.74 Å². The molecular weight excluding hydrogens is 172 g/mol. The first kappa shape index (κ1) is 10.5. The van der Waals surface area contributed by atoms with Crippen LogP contribution in [0.3, 0.4) is 0 Å². The van der Waals surface area contributed by atoms with Crippen LogP contribution < -0.4 is 0 Å². The Bertz CT molecular complexity index is 209. The predicted molar refractivity (Wildman–Crippen MR) is 59.2 cm³/mol. The third-order valence-electron chi connectivity index (χ3n) is 4.68. The van der Waals surface area contributed by atoms with Crippen molar-refractivity contribution in [1.82, 2.24) is 0 Å². The maximum absolute atomic E-state index is 5.97. The molecule has 1 saturated heterocycles. The van der Waals surface area contributed by atoms with Crippen LogP contribution in [0.2, 0.25) is 0 Å². The molecule has 1 aliphatic carbocycles. The molecule has 2 rings (SSSR count). The molecule has 1 nitrogen and oxygen atoms in total. The van der Waals surface area contributed by atoms with Crippen molar-refractivity contribution in [2.24, 2.45) is 23.7 Å². The van der Waals surface area contributed by atoms with Crippen LogP contribution in [0.4, 0.5) is 0 Å². The fourth-order valence-corrected chi connectivity index (χ4v) is 3.97. The van der Waals surface area contributed by atoms with Crippen LogP contribution in [0, 0.1) is 23.7 Å². The lowest BCUT2D eigenvalue weighted by Gasteiger charge is -2.29. The number of ether oxygens (including phenoxy) is 1. The predicted octanol–water partition coefficient (Wildman–Crippen LogP) is 3.48. The van der Waals surface area contributed by atoms with E-state index >= 15 is 0 Å². The highest BCUT2D eigenvalue weighted by Crippen LogP contribution is 2.54. The van der Waals surface area contributed by atoms with Crippen LogP contribution in [-0.4, -0.2) is 12.2 Å². The average Bonchev–Trinajstić information content (AvgIpc) is 2.65. The highest BCUT2D eigenvalue weighted by atomic mass is 16.5. The van der Waals surface area contributed by atoms with Crippen LogP contribution in [0.1, 0.15) is 47.0 Å². The summed E-state index contributed by atoms with van der Waals surface area (Å²) in [4.78, 5) is 0. The maximum Gasteiger partial charge on any atom is 0.0660 e. The second-order valence-corrected chi connectivity index (χ2v) is 5.68. The number of fused-ring (bicyclic) bond motifs is 1. The van der Waals surface area contributed by atoms with Crippen molar-refractivity contribution in [2.45, 2.75) is 52.6 Å². The van der Waals surface area contributed by atoms with Crippen molar-refractivity contribution in [3.63, 3.8) is 0 Å². The average molecular weight is 196 g/mol. The SMILES string of the molecule is CCC1CC(CC)C2C1COC2(C)C. The van der Waals surface area contributed by atoms with Crippen LogP contribution in [0.25, 0.3) is 0 Å². The zero-order chi connectivity index (χ0) is 10.3. The van der Waals surface area contributed by atoms with Gasteiger partial charge in [0.25, 0.3) is 0 Å². The highest BCUT2D eigenvalue weighted by molar-refractivity contribution is 5.01. The summed E-state index contributed by atoms with van der Waals surface area (Å²) in [5, 5.41) is 0. The molecule has 82 valence electrons. The quantitative estimate of drug-likeness (QED) is 0.657. The Labute approximate surface area is 88.2 Å². The van der Waals surface area contributed by atoms with Gasteiger partial charge in [-0.15, -0.1) is 0 Å². The molecule has 0 amide bonds. The molecule has 1 heteroatoms. The number of rotatable bonds is 2. The summed E-state index contributed by atoms with van der Waals surface area (Å²) in [5.74, 6) is 3.55. The van der Waals surface area contributed by atoms with E-state index in [4.69, 9.17) is 4.74 Å². The van der Waals surface area contributed by atoms with Crippen LogP contribution in [0.15, 0.2) is 0 Å². The Morgan fingerprint density at radius 1 is 1.14 bits per heavy atom. The molecular formula is C13H24O. The van der Waals surface area contributed by atoms with Crippen molar-refractivity contribution in [1.29, 1.82) is 0 Å². The van der Waals surface area contributed by atoms with Crippen molar-refractivity contribution >= 4 is 0 Å². The minimum Gasteiger partial charge on any atom is -0.375 e. The van der Waals surface area contributed by atoms with E-state index < -0.39 is 0 Å². The first-order valence-corrected chi connectivity index (χ1v) is 6.24. The molecule has 2 fully saturated rings. The molecule has 1 aliphatic heterocycles. The minimum absolute atomic E-state index is 0.148. The van der Waals surface area contributed by atoms with Crippen LogP contribution >= 0.6 is 0 Å². The Hall–Kier alpha value is -0.0400. The Balaban J connectivity index is 2.19. The van der Waals surface area contributed by atoms with E-state index in [1.54, 1.807) is 0 Å². The fourth-order valence-electron chi connectivity index (χ4n) is 3.97. The molecule has 0 aromatic carbocycles. The van der Waals surface area contributed by atoms with Gasteiger partial charge in [0, 0.05) is 0 Å². The molecule has 2 aliphatic rings. The lowest BCUT2D eigenvalue weighted by atomic mass is 9.78. The zero-order valence-electron chi connectivity index (χ0n) is 10.0. The Morgan fingerprint density at radius 2 is 1.79 bits per heavy atom. The van der Waals surface area contributed by atoms with Crippen molar-refractivity contribution in [3.05, 3.63) is 0 Å². The van der Waals surface area contributed by atoms with E-state index in [1.165, 1.54) is 19.3 Å². The highest BCUT2D eigenvalue weighted by Gasteiger charge is 2.53. The summed E-state index contributed by atoms with van der Waals surface area (Å²) in [6.07, 6.45) is 4.14. The summed E-state index contributed by atoms with van der Waals surface area (Å²) in [7, 11) is 0. The van der Waals surface area contributed by atoms with Crippen LogP contribution in [0.5, 0.6) is 0 Å². The topological polar surface area (TPSA) is 9.23 Å². The third-order valence-corrected chi connectivity index (χ3v) is 4.68. The molecule has 4 atom stereocenters.